The highest BCUT2D eigenvalue weighted by atomic mass is 16.2. The molecular formula is C16H16N2O2. The minimum absolute atomic E-state index is 0.00929. The van der Waals surface area contributed by atoms with Gasteiger partial charge in [-0.15, -0.1) is 0 Å². The first-order valence-electron chi connectivity index (χ1n) is 6.39. The second kappa shape index (κ2) is 7.09. The molecule has 0 atom stereocenters. The molecule has 0 aliphatic rings. The Labute approximate surface area is 117 Å². The van der Waals surface area contributed by atoms with Crippen LogP contribution in [0, 0.1) is 0 Å². The number of Topliss-reactive ketones (excluding diaryl/α,β-unsaturated/α-hetero) is 1. The van der Waals surface area contributed by atoms with Gasteiger partial charge in [-0.2, -0.15) is 0 Å². The van der Waals surface area contributed by atoms with Crippen LogP contribution in [0.25, 0.3) is 0 Å². The lowest BCUT2D eigenvalue weighted by molar-refractivity contribution is 0.0992. The fourth-order valence-corrected chi connectivity index (χ4v) is 1.73. The van der Waals surface area contributed by atoms with Gasteiger partial charge in [0.25, 0.3) is 0 Å². The van der Waals surface area contributed by atoms with Crippen LogP contribution in [-0.2, 0) is 6.54 Å². The Bertz CT molecular complexity index is 568. The second-order valence-electron chi connectivity index (χ2n) is 4.31. The number of ketones is 1. The van der Waals surface area contributed by atoms with Crippen LogP contribution < -0.4 is 10.6 Å². The number of nitrogens with one attached hydrogen (secondary N) is 2. The van der Waals surface area contributed by atoms with Crippen LogP contribution in [0.15, 0.2) is 60.7 Å². The summed E-state index contributed by atoms with van der Waals surface area (Å²) in [5, 5.41) is 5.26. The van der Waals surface area contributed by atoms with E-state index in [1.165, 1.54) is 0 Å². The molecule has 0 heterocycles. The van der Waals surface area contributed by atoms with Gasteiger partial charge in [0.1, 0.15) is 0 Å². The first kappa shape index (κ1) is 13.8. The lowest BCUT2D eigenvalue weighted by Gasteiger charge is -2.07. The highest BCUT2D eigenvalue weighted by molar-refractivity contribution is 5.99. The molecule has 2 rings (SSSR count). The highest BCUT2D eigenvalue weighted by Crippen LogP contribution is 1.99. The Morgan fingerprint density at radius 2 is 1.40 bits per heavy atom. The van der Waals surface area contributed by atoms with Crippen molar-refractivity contribution in [2.75, 3.05) is 6.54 Å². The third kappa shape index (κ3) is 4.24. The molecule has 102 valence electrons. The summed E-state index contributed by atoms with van der Waals surface area (Å²) < 4.78 is 0. The van der Waals surface area contributed by atoms with Gasteiger partial charge < -0.3 is 10.6 Å². The molecular weight excluding hydrogens is 252 g/mol. The molecule has 0 spiro atoms. The smallest absolute Gasteiger partial charge is 0.315 e. The molecule has 2 aromatic rings. The molecule has 0 saturated heterocycles. The largest absolute Gasteiger partial charge is 0.334 e. The van der Waals surface area contributed by atoms with Crippen molar-refractivity contribution in [1.82, 2.24) is 10.6 Å². The summed E-state index contributed by atoms with van der Waals surface area (Å²) >= 11 is 0. The van der Waals surface area contributed by atoms with Gasteiger partial charge >= 0.3 is 6.03 Å². The summed E-state index contributed by atoms with van der Waals surface area (Å²) in [6, 6.07) is 18.1. The van der Waals surface area contributed by atoms with Crippen molar-refractivity contribution in [1.29, 1.82) is 0 Å². The number of amides is 2. The zero-order valence-corrected chi connectivity index (χ0v) is 11.0. The lowest BCUT2D eigenvalue weighted by Crippen LogP contribution is -2.38. The highest BCUT2D eigenvalue weighted by Gasteiger charge is 2.07. The SMILES string of the molecule is O=C(NCC(=O)c1ccccc1)NCc1ccccc1. The molecule has 0 aliphatic carbocycles. The maximum absolute atomic E-state index is 11.8. The Balaban J connectivity index is 1.74. The zero-order chi connectivity index (χ0) is 14.2. The van der Waals surface area contributed by atoms with E-state index in [9.17, 15) is 9.59 Å². The monoisotopic (exact) mass is 268 g/mol. The average molecular weight is 268 g/mol. The lowest BCUT2D eigenvalue weighted by atomic mass is 10.1. The van der Waals surface area contributed by atoms with Crippen LogP contribution in [0.4, 0.5) is 4.79 Å². The summed E-state index contributed by atoms with van der Waals surface area (Å²) in [6.45, 7) is 0.427. The fourth-order valence-electron chi connectivity index (χ4n) is 1.73. The van der Waals surface area contributed by atoms with Crippen LogP contribution in [0.2, 0.25) is 0 Å². The third-order valence-electron chi connectivity index (χ3n) is 2.80. The maximum atomic E-state index is 11.8. The van der Waals surface area contributed by atoms with Crippen molar-refractivity contribution in [3.8, 4) is 0 Å². The van der Waals surface area contributed by atoms with Crippen LogP contribution in [0.5, 0.6) is 0 Å². The molecule has 0 saturated carbocycles. The third-order valence-corrected chi connectivity index (χ3v) is 2.80. The Hall–Kier alpha value is -2.62. The Kier molecular flexibility index (Phi) is 4.89. The zero-order valence-electron chi connectivity index (χ0n) is 11.0. The van der Waals surface area contributed by atoms with Crippen LogP contribution in [0.1, 0.15) is 15.9 Å². The van der Waals surface area contributed by atoms with E-state index >= 15 is 0 Å². The standard InChI is InChI=1S/C16H16N2O2/c19-15(14-9-5-2-6-10-14)12-18-16(20)17-11-13-7-3-1-4-8-13/h1-10H,11-12H2,(H2,17,18,20). The molecule has 0 aromatic heterocycles. The van der Waals surface area contributed by atoms with E-state index in [0.717, 1.165) is 5.56 Å². The minimum atomic E-state index is -0.349. The molecule has 0 fully saturated rings. The van der Waals surface area contributed by atoms with Gasteiger partial charge in [-0.1, -0.05) is 60.7 Å². The maximum Gasteiger partial charge on any atom is 0.315 e. The van der Waals surface area contributed by atoms with E-state index in [4.69, 9.17) is 0 Å². The molecule has 2 aromatic carbocycles. The van der Waals surface area contributed by atoms with Crippen molar-refractivity contribution in [2.45, 2.75) is 6.54 Å². The number of urea groups is 1. The van der Waals surface area contributed by atoms with Gasteiger partial charge in [0.15, 0.2) is 5.78 Å². The molecule has 0 bridgehead atoms. The molecule has 4 heteroatoms. The Morgan fingerprint density at radius 1 is 0.800 bits per heavy atom. The molecule has 0 radical (unpaired) electrons. The molecule has 4 nitrogen and oxygen atoms in total. The quantitative estimate of drug-likeness (QED) is 0.818. The van der Waals surface area contributed by atoms with Crippen LogP contribution in [-0.4, -0.2) is 18.4 Å². The summed E-state index contributed by atoms with van der Waals surface area (Å²) in [5.74, 6) is -0.111. The fraction of sp³-hybridized carbons (Fsp3) is 0.125. The van der Waals surface area contributed by atoms with Gasteiger partial charge in [-0.3, -0.25) is 4.79 Å². The summed E-state index contributed by atoms with van der Waals surface area (Å²) in [6.07, 6.45) is 0. The molecule has 0 unspecified atom stereocenters. The van der Waals surface area contributed by atoms with Gasteiger partial charge in [-0.25, -0.2) is 4.79 Å². The van der Waals surface area contributed by atoms with E-state index in [0.29, 0.717) is 12.1 Å². The topological polar surface area (TPSA) is 58.2 Å². The van der Waals surface area contributed by atoms with Gasteiger partial charge in [0, 0.05) is 12.1 Å². The Morgan fingerprint density at radius 3 is 2.05 bits per heavy atom. The molecule has 20 heavy (non-hydrogen) atoms. The van der Waals surface area contributed by atoms with Crippen molar-refractivity contribution in [3.05, 3.63) is 71.8 Å². The van der Waals surface area contributed by atoms with Gasteiger partial charge in [-0.05, 0) is 5.56 Å². The van der Waals surface area contributed by atoms with Crippen molar-refractivity contribution < 1.29 is 9.59 Å². The number of benzene rings is 2. The number of carbonyl (C=O) groups is 2. The van der Waals surface area contributed by atoms with Crippen molar-refractivity contribution in [2.24, 2.45) is 0 Å². The van der Waals surface area contributed by atoms with E-state index in [1.54, 1.807) is 24.3 Å². The van der Waals surface area contributed by atoms with Gasteiger partial charge in [0.2, 0.25) is 0 Å². The number of rotatable bonds is 5. The second-order valence-corrected chi connectivity index (χ2v) is 4.31. The summed E-state index contributed by atoms with van der Waals surface area (Å²) in [4.78, 5) is 23.4. The van der Waals surface area contributed by atoms with Crippen molar-refractivity contribution in [3.63, 3.8) is 0 Å². The number of hydrogen-bond acceptors (Lipinski definition) is 2. The summed E-state index contributed by atoms with van der Waals surface area (Å²) in [5.41, 5.74) is 1.60. The van der Waals surface area contributed by atoms with Crippen LogP contribution >= 0.6 is 0 Å². The average Bonchev–Trinajstić information content (AvgIpc) is 2.52. The van der Waals surface area contributed by atoms with E-state index < -0.39 is 0 Å². The van der Waals surface area contributed by atoms with Crippen LogP contribution in [0.3, 0.4) is 0 Å². The predicted octanol–water partition coefficient (Wildman–Crippen LogP) is 2.37. The molecule has 2 amide bonds. The van der Waals surface area contributed by atoms with E-state index in [1.807, 2.05) is 36.4 Å². The first-order chi connectivity index (χ1) is 9.75. The van der Waals surface area contributed by atoms with Gasteiger partial charge in [0.05, 0.1) is 6.54 Å². The normalized spacial score (nSPS) is 9.80. The number of carbonyl (C=O) groups excluding carboxylic acids is 2. The number of hydrogen-bond donors (Lipinski definition) is 2. The molecule has 2 N–H and O–H groups in total. The van der Waals surface area contributed by atoms with Crippen molar-refractivity contribution >= 4 is 11.8 Å². The minimum Gasteiger partial charge on any atom is -0.334 e. The summed E-state index contributed by atoms with van der Waals surface area (Å²) in [7, 11) is 0. The van der Waals surface area contributed by atoms with E-state index in [-0.39, 0.29) is 18.4 Å². The predicted molar refractivity (Wildman–Crippen MR) is 77.5 cm³/mol. The van der Waals surface area contributed by atoms with E-state index in [2.05, 4.69) is 10.6 Å². The molecule has 0 aliphatic heterocycles. The first-order valence-corrected chi connectivity index (χ1v) is 6.39.